The van der Waals surface area contributed by atoms with Crippen LogP contribution in [0.15, 0.2) is 60.7 Å². The molecule has 4 aromatic carbocycles. The minimum atomic E-state index is 0. The van der Waals surface area contributed by atoms with E-state index in [1.165, 1.54) is 58.4 Å². The van der Waals surface area contributed by atoms with Gasteiger partial charge < -0.3 is 0 Å². The van der Waals surface area contributed by atoms with Gasteiger partial charge in [-0.2, -0.15) is 12.1 Å². The van der Waals surface area contributed by atoms with E-state index in [-0.39, 0.29) is 30.2 Å². The molecule has 0 radical (unpaired) electrons. The Bertz CT molecular complexity index is 1090. The van der Waals surface area contributed by atoms with Gasteiger partial charge in [-0.3, -0.25) is 0 Å². The zero-order valence-electron chi connectivity index (χ0n) is 18.3. The second kappa shape index (κ2) is 12.6. The Morgan fingerprint density at radius 3 is 1.38 bits per heavy atom. The first-order chi connectivity index (χ1) is 14.4. The first kappa shape index (κ1) is 28.2. The van der Waals surface area contributed by atoms with Crippen LogP contribution in [0.3, 0.4) is 0 Å². The molecule has 2 aliphatic carbocycles. The van der Waals surface area contributed by atoms with E-state index in [0.29, 0.717) is 0 Å². The van der Waals surface area contributed by atoms with E-state index in [9.17, 15) is 0 Å². The number of benzene rings is 2. The topological polar surface area (TPSA) is 0 Å². The summed E-state index contributed by atoms with van der Waals surface area (Å²) in [5.74, 6) is 1.65. The Morgan fingerprint density at radius 1 is 0.750 bits per heavy atom. The van der Waals surface area contributed by atoms with Gasteiger partial charge in [-0.15, -0.1) is 93.9 Å². The van der Waals surface area contributed by atoms with Crippen LogP contribution in [0, 0.1) is 0 Å². The third-order valence-corrected chi connectivity index (χ3v) is 6.20. The number of hydrogen-bond donors (Lipinski definition) is 0. The molecule has 0 bridgehead atoms. The molecule has 0 aromatic heterocycles. The molecule has 0 nitrogen and oxygen atoms in total. The van der Waals surface area contributed by atoms with Gasteiger partial charge in [0, 0.05) is 0 Å². The van der Waals surface area contributed by atoms with E-state index < -0.39 is 0 Å². The molecule has 0 N–H and O–H groups in total. The summed E-state index contributed by atoms with van der Waals surface area (Å²) >= 11 is 13.9. The van der Waals surface area contributed by atoms with Crippen LogP contribution in [0.1, 0.15) is 48.6 Å². The first-order valence-corrected chi connectivity index (χ1v) is 17.6. The minimum Gasteiger partial charge on any atom is -0.163 e. The maximum Gasteiger partial charge on any atom is -0.00300 e. The molecule has 2 aliphatic rings. The van der Waals surface area contributed by atoms with Crippen molar-refractivity contribution in [2.24, 2.45) is 0 Å². The second-order valence-electron chi connectivity index (χ2n) is 8.61. The molecular weight excluding hydrogens is 573 g/mol. The quantitative estimate of drug-likeness (QED) is 0.159. The summed E-state index contributed by atoms with van der Waals surface area (Å²) in [5.41, 5.74) is 3.16. The summed E-state index contributed by atoms with van der Waals surface area (Å²) in [6.45, 7) is 4.62. The van der Waals surface area contributed by atoms with Crippen molar-refractivity contribution in [3.8, 4) is 0 Å². The van der Waals surface area contributed by atoms with Crippen molar-refractivity contribution in [3.05, 3.63) is 81.8 Å². The molecule has 0 atom stereocenters. The van der Waals surface area contributed by atoms with Crippen LogP contribution in [0.25, 0.3) is 21.5 Å². The fraction of sp³-hybridized carbons (Fsp3) is 0.308. The van der Waals surface area contributed by atoms with Crippen LogP contribution in [0.2, 0.25) is 23.1 Å². The van der Waals surface area contributed by atoms with Gasteiger partial charge >= 0.3 is 41.9 Å². The summed E-state index contributed by atoms with van der Waals surface area (Å²) in [7, 11) is 0. The van der Waals surface area contributed by atoms with Gasteiger partial charge in [-0.1, -0.05) is 35.3 Å². The van der Waals surface area contributed by atoms with Crippen molar-refractivity contribution in [2.45, 2.75) is 50.6 Å². The average Bonchev–Trinajstić information content (AvgIpc) is 3.63. The van der Waals surface area contributed by atoms with E-state index in [2.05, 4.69) is 49.5 Å². The minimum absolute atomic E-state index is 0. The van der Waals surface area contributed by atoms with Gasteiger partial charge in [0.25, 0.3) is 0 Å². The molecule has 2 saturated carbocycles. The molecule has 6 heteroatoms. The largest absolute Gasteiger partial charge is 0.163 e. The van der Waals surface area contributed by atoms with Crippen LogP contribution in [0.5, 0.6) is 0 Å². The van der Waals surface area contributed by atoms with Crippen LogP contribution in [-0.4, -0.2) is 5.43 Å². The van der Waals surface area contributed by atoms with E-state index in [4.69, 9.17) is 23.2 Å². The third kappa shape index (κ3) is 7.46. The number of halogens is 4. The Kier molecular flexibility index (Phi) is 11.1. The van der Waals surface area contributed by atoms with Gasteiger partial charge in [0.2, 0.25) is 0 Å². The van der Waals surface area contributed by atoms with Gasteiger partial charge in [0.1, 0.15) is 0 Å². The van der Waals surface area contributed by atoms with Crippen molar-refractivity contribution in [1.29, 1.82) is 0 Å². The van der Waals surface area contributed by atoms with E-state index in [1.807, 2.05) is 24.3 Å². The molecule has 32 heavy (non-hydrogen) atoms. The average molecular weight is 602 g/mol. The number of rotatable bonds is 2. The Morgan fingerprint density at radius 2 is 1.09 bits per heavy atom. The Hall–Kier alpha value is -0.0800. The second-order valence-corrected chi connectivity index (χ2v) is 18.8. The predicted octanol–water partition coefficient (Wildman–Crippen LogP) is 9.81. The molecule has 6 rings (SSSR count). The fourth-order valence-corrected chi connectivity index (χ4v) is 4.22. The van der Waals surface area contributed by atoms with Gasteiger partial charge in [0.05, 0.1) is 0 Å². The summed E-state index contributed by atoms with van der Waals surface area (Å²) in [5, 5.41) is 6.76. The first-order valence-electron chi connectivity index (χ1n) is 10.6. The summed E-state index contributed by atoms with van der Waals surface area (Å²) in [6, 6.07) is 21.3. The third-order valence-electron chi connectivity index (χ3n) is 5.54. The Labute approximate surface area is 229 Å². The van der Waals surface area contributed by atoms with Gasteiger partial charge in [-0.25, -0.2) is 0 Å². The molecule has 0 amide bonds. The molecule has 0 aliphatic heterocycles. The molecule has 0 saturated heterocycles. The molecule has 2 fully saturated rings. The number of hydrogen-bond acceptors (Lipinski definition) is 0. The van der Waals surface area contributed by atoms with Crippen molar-refractivity contribution >= 4 is 75.0 Å². The standard InChI is InChI=1S/2C12H10Cl.C2H6Si.2ClH.Zr/c2*13-12-3-1-2-9-6-10(7-11(9)12)8-4-5-8;1-3-2;;;/h2*1-3,6-8H,4-5H2;1-2H3;2*1H;/q2*-1;;;;+2. The Balaban J connectivity index is 0.000000185. The molecule has 0 spiro atoms. The molecule has 0 heterocycles. The van der Waals surface area contributed by atoms with Crippen LogP contribution in [-0.2, 0) is 23.3 Å². The maximum absolute atomic E-state index is 6.10. The van der Waals surface area contributed by atoms with Crippen molar-refractivity contribution in [1.82, 2.24) is 0 Å². The molecular formula is C26H28Cl4SiZr. The fourth-order valence-electron chi connectivity index (χ4n) is 3.74. The monoisotopic (exact) mass is 598 g/mol. The zero-order valence-corrected chi connectivity index (χ0v) is 24.9. The van der Waals surface area contributed by atoms with Crippen molar-refractivity contribution in [2.75, 3.05) is 0 Å². The summed E-state index contributed by atoms with van der Waals surface area (Å²) < 4.78 is 0. The van der Waals surface area contributed by atoms with E-state index in [0.717, 1.165) is 21.9 Å². The SMILES string of the molecule is C[Si](C)=[Zr+2].Cl.Cl.Clc1cccc2[cH-]c(C3CC3)cc12.Clc1cccc2[cH-]c(C3CC3)cc12. The van der Waals surface area contributed by atoms with Crippen molar-refractivity contribution < 1.29 is 23.3 Å². The smallest absolute Gasteiger partial charge is 0.00300 e. The normalized spacial score (nSPS) is 14.4. The summed E-state index contributed by atoms with van der Waals surface area (Å²) in [6.07, 6.45) is 5.42. The molecule has 168 valence electrons. The molecule has 0 unspecified atom stereocenters. The molecule has 4 aromatic rings. The maximum atomic E-state index is 6.10. The van der Waals surface area contributed by atoms with Gasteiger partial charge in [-0.05, 0) is 47.6 Å². The van der Waals surface area contributed by atoms with Crippen molar-refractivity contribution in [3.63, 3.8) is 0 Å². The zero-order chi connectivity index (χ0) is 21.3. The van der Waals surface area contributed by atoms with Crippen LogP contribution < -0.4 is 0 Å². The van der Waals surface area contributed by atoms with Crippen LogP contribution in [0.4, 0.5) is 0 Å². The van der Waals surface area contributed by atoms with Gasteiger partial charge in [0.15, 0.2) is 0 Å². The van der Waals surface area contributed by atoms with E-state index >= 15 is 0 Å². The summed E-state index contributed by atoms with van der Waals surface area (Å²) in [4.78, 5) is 0. The van der Waals surface area contributed by atoms with E-state index in [1.54, 1.807) is 23.3 Å². The van der Waals surface area contributed by atoms with Crippen LogP contribution >= 0.6 is 48.0 Å². The number of fused-ring (bicyclic) bond motifs is 2. The predicted molar refractivity (Wildman–Crippen MR) is 145 cm³/mol.